The summed E-state index contributed by atoms with van der Waals surface area (Å²) in [5, 5.41) is 0. The average Bonchev–Trinajstić information content (AvgIpc) is 1.78. The fraction of sp³-hybridized carbons (Fsp3) is 0.818. The predicted molar refractivity (Wildman–Crippen MR) is 56.1 cm³/mol. The van der Waals surface area contributed by atoms with Gasteiger partial charge in [0.2, 0.25) is 0 Å². The quantitative estimate of drug-likeness (QED) is 0.613. The molecule has 0 rings (SSSR count). The molecule has 0 aliphatic carbocycles. The highest BCUT2D eigenvalue weighted by Gasteiger charge is 2.22. The van der Waals surface area contributed by atoms with Gasteiger partial charge in [0.25, 0.3) is 0 Å². The second-order valence-corrected chi connectivity index (χ2v) is 5.54. The van der Waals surface area contributed by atoms with Crippen molar-refractivity contribution in [1.82, 2.24) is 4.90 Å². The summed E-state index contributed by atoms with van der Waals surface area (Å²) in [5.74, 6) is 0. The van der Waals surface area contributed by atoms with Crippen molar-refractivity contribution in [2.75, 3.05) is 6.54 Å². The molecule has 0 aliphatic heterocycles. The molecule has 1 heteroatoms. The number of rotatable bonds is 2. The Morgan fingerprint density at radius 3 is 1.58 bits per heavy atom. The topological polar surface area (TPSA) is 3.24 Å². The molecule has 0 bridgehead atoms. The maximum absolute atomic E-state index is 3.84. The Balaban J connectivity index is 4.30. The van der Waals surface area contributed by atoms with E-state index in [0.717, 1.165) is 6.54 Å². The lowest BCUT2D eigenvalue weighted by Gasteiger charge is -2.39. The highest BCUT2D eigenvalue weighted by molar-refractivity contribution is 4.86. The Kier molecular flexibility index (Phi) is 3.37. The largest absolute Gasteiger partial charge is 0.373 e. The SMILES string of the molecule is C=CN(CC(C)(C)C)C(C)(C)C. The van der Waals surface area contributed by atoms with Gasteiger partial charge < -0.3 is 4.90 Å². The van der Waals surface area contributed by atoms with Gasteiger partial charge in [0, 0.05) is 12.1 Å². The minimum Gasteiger partial charge on any atom is -0.373 e. The van der Waals surface area contributed by atoms with E-state index in [9.17, 15) is 0 Å². The van der Waals surface area contributed by atoms with Crippen LogP contribution in [0.4, 0.5) is 0 Å². The first kappa shape index (κ1) is 11.5. The average molecular weight is 169 g/mol. The van der Waals surface area contributed by atoms with Gasteiger partial charge in [-0.3, -0.25) is 0 Å². The van der Waals surface area contributed by atoms with Crippen LogP contribution in [0.5, 0.6) is 0 Å². The Morgan fingerprint density at radius 2 is 1.50 bits per heavy atom. The second-order valence-electron chi connectivity index (χ2n) is 5.54. The van der Waals surface area contributed by atoms with Crippen LogP contribution in [0, 0.1) is 5.41 Å². The van der Waals surface area contributed by atoms with E-state index in [4.69, 9.17) is 0 Å². The molecule has 0 amide bonds. The molecule has 12 heavy (non-hydrogen) atoms. The van der Waals surface area contributed by atoms with E-state index in [1.54, 1.807) is 0 Å². The molecule has 0 N–H and O–H groups in total. The van der Waals surface area contributed by atoms with Crippen molar-refractivity contribution in [2.45, 2.75) is 47.1 Å². The Morgan fingerprint density at radius 1 is 1.08 bits per heavy atom. The third kappa shape index (κ3) is 4.42. The Labute approximate surface area is 77.5 Å². The number of hydrogen-bond acceptors (Lipinski definition) is 1. The van der Waals surface area contributed by atoms with E-state index < -0.39 is 0 Å². The second kappa shape index (κ2) is 3.51. The van der Waals surface area contributed by atoms with Crippen LogP contribution in [-0.2, 0) is 0 Å². The maximum Gasteiger partial charge on any atom is 0.0312 e. The molecule has 0 saturated heterocycles. The van der Waals surface area contributed by atoms with Gasteiger partial charge in [-0.05, 0) is 32.4 Å². The molecule has 0 unspecified atom stereocenters. The molecule has 0 aromatic heterocycles. The molecule has 0 spiro atoms. The first-order valence-corrected chi connectivity index (χ1v) is 4.56. The summed E-state index contributed by atoms with van der Waals surface area (Å²) >= 11 is 0. The van der Waals surface area contributed by atoms with Crippen LogP contribution in [0.1, 0.15) is 41.5 Å². The predicted octanol–water partition coefficient (Wildman–Crippen LogP) is 3.28. The van der Waals surface area contributed by atoms with Gasteiger partial charge in [0.1, 0.15) is 0 Å². The van der Waals surface area contributed by atoms with Crippen LogP contribution in [0.2, 0.25) is 0 Å². The molecule has 0 saturated carbocycles. The van der Waals surface area contributed by atoms with Crippen molar-refractivity contribution in [3.63, 3.8) is 0 Å². The minimum absolute atomic E-state index is 0.190. The van der Waals surface area contributed by atoms with Gasteiger partial charge in [0.15, 0.2) is 0 Å². The van der Waals surface area contributed by atoms with Gasteiger partial charge >= 0.3 is 0 Å². The molecule has 0 heterocycles. The van der Waals surface area contributed by atoms with Gasteiger partial charge in [0.05, 0.1) is 0 Å². The molecule has 0 aromatic carbocycles. The van der Waals surface area contributed by atoms with Crippen LogP contribution < -0.4 is 0 Å². The Hall–Kier alpha value is -0.460. The normalized spacial score (nSPS) is 12.8. The molecule has 0 atom stereocenters. The van der Waals surface area contributed by atoms with Crippen molar-refractivity contribution >= 4 is 0 Å². The van der Waals surface area contributed by atoms with Gasteiger partial charge in [-0.15, -0.1) is 0 Å². The summed E-state index contributed by atoms with van der Waals surface area (Å²) in [6.45, 7) is 18.3. The number of hydrogen-bond donors (Lipinski definition) is 0. The highest BCUT2D eigenvalue weighted by atomic mass is 15.2. The van der Waals surface area contributed by atoms with Crippen LogP contribution in [-0.4, -0.2) is 17.0 Å². The standard InChI is InChI=1S/C11H23N/c1-8-12(11(5,6)7)9-10(2,3)4/h8H,1,9H2,2-7H3. The highest BCUT2D eigenvalue weighted by Crippen LogP contribution is 2.21. The molecular weight excluding hydrogens is 146 g/mol. The van der Waals surface area contributed by atoms with Gasteiger partial charge in [-0.2, -0.15) is 0 Å². The van der Waals surface area contributed by atoms with Crippen LogP contribution >= 0.6 is 0 Å². The third-order valence-corrected chi connectivity index (χ3v) is 1.73. The van der Waals surface area contributed by atoms with Crippen LogP contribution in [0.15, 0.2) is 12.8 Å². The lowest BCUT2D eigenvalue weighted by molar-refractivity contribution is 0.148. The zero-order valence-corrected chi connectivity index (χ0v) is 9.44. The van der Waals surface area contributed by atoms with Gasteiger partial charge in [-0.1, -0.05) is 27.4 Å². The fourth-order valence-electron chi connectivity index (χ4n) is 1.09. The number of nitrogens with zero attached hydrogens (tertiary/aromatic N) is 1. The molecule has 0 aromatic rings. The summed E-state index contributed by atoms with van der Waals surface area (Å²) in [6, 6.07) is 0. The van der Waals surface area contributed by atoms with Crippen molar-refractivity contribution in [3.05, 3.63) is 12.8 Å². The lowest BCUT2D eigenvalue weighted by Crippen LogP contribution is -2.41. The monoisotopic (exact) mass is 169 g/mol. The first-order chi connectivity index (χ1) is 5.17. The van der Waals surface area contributed by atoms with E-state index in [0.29, 0.717) is 5.41 Å². The summed E-state index contributed by atoms with van der Waals surface area (Å²) in [5.41, 5.74) is 0.524. The van der Waals surface area contributed by atoms with E-state index in [1.165, 1.54) is 0 Å². The molecular formula is C11H23N. The molecule has 0 aliphatic rings. The first-order valence-electron chi connectivity index (χ1n) is 4.56. The zero-order valence-electron chi connectivity index (χ0n) is 9.44. The fourth-order valence-corrected chi connectivity index (χ4v) is 1.09. The third-order valence-electron chi connectivity index (χ3n) is 1.73. The summed E-state index contributed by atoms with van der Waals surface area (Å²) in [7, 11) is 0. The van der Waals surface area contributed by atoms with Gasteiger partial charge in [-0.25, -0.2) is 0 Å². The molecule has 72 valence electrons. The van der Waals surface area contributed by atoms with E-state index >= 15 is 0 Å². The van der Waals surface area contributed by atoms with Crippen LogP contribution in [0.25, 0.3) is 0 Å². The summed E-state index contributed by atoms with van der Waals surface area (Å²) in [6.07, 6.45) is 1.94. The molecule has 1 nitrogen and oxygen atoms in total. The van der Waals surface area contributed by atoms with Crippen molar-refractivity contribution < 1.29 is 0 Å². The molecule has 0 fully saturated rings. The molecule has 0 radical (unpaired) electrons. The maximum atomic E-state index is 3.84. The summed E-state index contributed by atoms with van der Waals surface area (Å²) < 4.78 is 0. The minimum atomic E-state index is 0.190. The lowest BCUT2D eigenvalue weighted by atomic mass is 9.93. The van der Waals surface area contributed by atoms with E-state index in [2.05, 4.69) is 53.0 Å². The van der Waals surface area contributed by atoms with E-state index in [-0.39, 0.29) is 5.54 Å². The zero-order chi connectivity index (χ0) is 9.99. The van der Waals surface area contributed by atoms with Crippen molar-refractivity contribution in [3.8, 4) is 0 Å². The van der Waals surface area contributed by atoms with E-state index in [1.807, 2.05) is 6.20 Å². The smallest absolute Gasteiger partial charge is 0.0312 e. The van der Waals surface area contributed by atoms with Crippen molar-refractivity contribution in [1.29, 1.82) is 0 Å². The van der Waals surface area contributed by atoms with Crippen LogP contribution in [0.3, 0.4) is 0 Å². The van der Waals surface area contributed by atoms with Crippen molar-refractivity contribution in [2.24, 2.45) is 5.41 Å². The Bertz CT molecular complexity index is 145. The summed E-state index contributed by atoms with van der Waals surface area (Å²) in [4.78, 5) is 2.28.